The lowest BCUT2D eigenvalue weighted by Crippen LogP contribution is -2.55. The zero-order chi connectivity index (χ0) is 38.7. The van der Waals surface area contributed by atoms with Crippen molar-refractivity contribution in [1.82, 2.24) is 15.0 Å². The van der Waals surface area contributed by atoms with Crippen molar-refractivity contribution >= 4 is 55.1 Å². The molecule has 1 N–H and O–H groups in total. The van der Waals surface area contributed by atoms with E-state index >= 15 is 8.90 Å². The molecule has 15 nitrogen and oxygen atoms in total. The molecule has 286 valence electrons. The number of hydrogen-bond donors (Lipinski definition) is 1. The predicted octanol–water partition coefficient (Wildman–Crippen LogP) is 3.48. The summed E-state index contributed by atoms with van der Waals surface area (Å²) in [5.41, 5.74) is 0.946. The number of aromatic nitrogens is 3. The van der Waals surface area contributed by atoms with Crippen LogP contribution in [0, 0.1) is 5.92 Å². The highest BCUT2D eigenvalue weighted by atomic mass is 28.4. The Bertz CT molecular complexity index is 2020. The number of ether oxygens (including phenoxy) is 3. The van der Waals surface area contributed by atoms with Gasteiger partial charge in [0.2, 0.25) is 20.2 Å². The van der Waals surface area contributed by atoms with Crippen molar-refractivity contribution in [2.75, 3.05) is 21.3 Å². The molecular formula is C37H43FN6O9Si. The zero-order valence-corrected chi connectivity index (χ0v) is 31.7. The number of aliphatic hydroxyl groups excluding tert-OH is 1. The van der Waals surface area contributed by atoms with Gasteiger partial charge >= 0.3 is 11.9 Å². The quantitative estimate of drug-likeness (QED) is 0.124. The first-order chi connectivity index (χ1) is 25.6. The zero-order valence-electron chi connectivity index (χ0n) is 30.7. The molecule has 0 radical (unpaired) electrons. The summed E-state index contributed by atoms with van der Waals surface area (Å²) in [6, 6.07) is 12.2. The van der Waals surface area contributed by atoms with E-state index in [0.717, 1.165) is 0 Å². The van der Waals surface area contributed by atoms with Crippen LogP contribution >= 0.6 is 0 Å². The summed E-state index contributed by atoms with van der Waals surface area (Å²) in [6.07, 6.45) is 0.262. The molecule has 3 fully saturated rings. The summed E-state index contributed by atoms with van der Waals surface area (Å²) in [5.74, 6) is -2.55. The number of esters is 2. The third-order valence-electron chi connectivity index (χ3n) is 10.8. The highest BCUT2D eigenvalue weighted by Gasteiger charge is 2.67. The number of fused-ring (bicyclic) bond motifs is 2. The maximum Gasteiger partial charge on any atom is 0.304 e. The number of β-lactam (4-membered cyclic amide) rings is 2. The summed E-state index contributed by atoms with van der Waals surface area (Å²) in [5, 5.41) is 17.6. The molecule has 2 unspecified atom stereocenters. The number of halogens is 1. The van der Waals surface area contributed by atoms with Crippen LogP contribution in [0.1, 0.15) is 56.9 Å². The van der Waals surface area contributed by atoms with E-state index in [1.54, 1.807) is 65.3 Å². The Morgan fingerprint density at radius 1 is 1.00 bits per heavy atom. The third kappa shape index (κ3) is 6.47. The molecule has 54 heavy (non-hydrogen) atoms. The number of carbonyl (C=O) groups is 5. The molecule has 3 saturated heterocycles. The van der Waals surface area contributed by atoms with Crippen LogP contribution in [0.2, 0.25) is 18.6 Å². The Kier molecular flexibility index (Phi) is 9.68. The molecule has 1 aromatic heterocycles. The van der Waals surface area contributed by atoms with Crippen molar-refractivity contribution in [3.8, 4) is 0 Å². The van der Waals surface area contributed by atoms with Crippen molar-refractivity contribution in [3.63, 3.8) is 0 Å². The molecule has 6 atom stereocenters. The monoisotopic (exact) mass is 762 g/mol. The molecule has 7 rings (SSSR count). The molecule has 0 bridgehead atoms. The standard InChI is InChI=1S/C37H43FN6O9Si/c1-21-35(54(4,5)38)30(11-13-41-20-25(12-14-45)39-40-41)53-37(21)28-16-27(44-32(49)18-34(44)52-23(3)47)9-10-29(28)42(36(37)50)19-24-7-6-8-26(15-24)43-31(48)17-33(43)51-22(2)46/h6-10,15-16,20-21,30,33-35,45H,11-14,17-19H2,1-5H3/t21-,30+,33?,34?,35-,37+/m1/s1. The highest BCUT2D eigenvalue weighted by molar-refractivity contribution is 6.72. The van der Waals surface area contributed by atoms with E-state index in [2.05, 4.69) is 10.3 Å². The molecule has 17 heteroatoms. The topological polar surface area (TPSA) is 174 Å². The van der Waals surface area contributed by atoms with E-state index in [9.17, 15) is 24.3 Å². The van der Waals surface area contributed by atoms with Crippen LogP contribution in [0.5, 0.6) is 0 Å². The number of benzene rings is 2. The average molecular weight is 763 g/mol. The average Bonchev–Trinajstić information content (AvgIpc) is 3.73. The number of nitrogens with zero attached hydrogens (tertiary/aromatic N) is 6. The number of aliphatic hydroxyl groups is 1. The normalized spacial score (nSPS) is 26.2. The first-order valence-corrected chi connectivity index (χ1v) is 21.0. The number of anilines is 3. The van der Waals surface area contributed by atoms with Crippen LogP contribution in [0.25, 0.3) is 0 Å². The maximum atomic E-state index is 16.5. The summed E-state index contributed by atoms with van der Waals surface area (Å²) in [7, 11) is -3.52. The van der Waals surface area contributed by atoms with Gasteiger partial charge in [0.1, 0.15) is 0 Å². The van der Waals surface area contributed by atoms with Gasteiger partial charge in [-0.2, -0.15) is 0 Å². The molecular weight excluding hydrogens is 720 g/mol. The molecule has 1 spiro atoms. The van der Waals surface area contributed by atoms with Gasteiger partial charge in [-0.15, -0.1) is 5.10 Å². The summed E-state index contributed by atoms with van der Waals surface area (Å²) in [4.78, 5) is 68.4. The van der Waals surface area contributed by atoms with E-state index in [4.69, 9.17) is 14.2 Å². The number of hydrogen-bond acceptors (Lipinski definition) is 11. The summed E-state index contributed by atoms with van der Waals surface area (Å²) in [6.45, 7) is 7.93. The number of rotatable bonds is 12. The minimum absolute atomic E-state index is 0.0159. The highest BCUT2D eigenvalue weighted by Crippen LogP contribution is 2.61. The van der Waals surface area contributed by atoms with Gasteiger partial charge in [0.25, 0.3) is 5.91 Å². The molecule has 0 saturated carbocycles. The second kappa shape index (κ2) is 14.0. The molecule has 3 amide bonds. The lowest BCUT2D eigenvalue weighted by Gasteiger charge is -2.39. The van der Waals surface area contributed by atoms with Gasteiger partial charge in [0.05, 0.1) is 36.9 Å². The van der Waals surface area contributed by atoms with Crippen LogP contribution in [-0.4, -0.2) is 83.3 Å². The number of carbonyl (C=O) groups excluding carboxylic acids is 5. The van der Waals surface area contributed by atoms with Gasteiger partial charge in [-0.25, -0.2) is 0 Å². The lowest BCUT2D eigenvalue weighted by atomic mass is 9.82. The van der Waals surface area contributed by atoms with Crippen molar-refractivity contribution in [2.45, 2.75) is 102 Å². The predicted molar refractivity (Wildman–Crippen MR) is 193 cm³/mol. The Balaban J connectivity index is 1.26. The Morgan fingerprint density at radius 2 is 1.65 bits per heavy atom. The molecule has 4 aliphatic heterocycles. The fourth-order valence-electron chi connectivity index (χ4n) is 8.50. The van der Waals surface area contributed by atoms with Gasteiger partial charge in [-0.05, 0) is 55.4 Å². The lowest BCUT2D eigenvalue weighted by molar-refractivity contribution is -0.155. The second-order valence-electron chi connectivity index (χ2n) is 14.8. The van der Waals surface area contributed by atoms with Crippen LogP contribution in [0.15, 0.2) is 48.7 Å². The summed E-state index contributed by atoms with van der Waals surface area (Å²) < 4.78 is 35.7. The second-order valence-corrected chi connectivity index (χ2v) is 18.6. The molecule has 5 heterocycles. The van der Waals surface area contributed by atoms with E-state index < -0.39 is 61.9 Å². The fraction of sp³-hybridized carbons (Fsp3) is 0.486. The Hall–Kier alpha value is -5.00. The minimum atomic E-state index is -3.52. The van der Waals surface area contributed by atoms with E-state index in [1.165, 1.54) is 23.6 Å². The van der Waals surface area contributed by atoms with Crippen LogP contribution in [-0.2, 0) is 63.3 Å². The van der Waals surface area contributed by atoms with E-state index in [0.29, 0.717) is 53.3 Å². The Morgan fingerprint density at radius 3 is 2.24 bits per heavy atom. The van der Waals surface area contributed by atoms with Gasteiger partial charge in [-0.1, -0.05) is 24.3 Å². The first-order valence-electron chi connectivity index (χ1n) is 18.0. The maximum absolute atomic E-state index is 16.5. The van der Waals surface area contributed by atoms with Crippen molar-refractivity contribution in [1.29, 1.82) is 0 Å². The van der Waals surface area contributed by atoms with Crippen molar-refractivity contribution in [3.05, 3.63) is 65.5 Å². The fourth-order valence-corrected chi connectivity index (χ4v) is 11.0. The first kappa shape index (κ1) is 37.3. The molecule has 2 aromatic carbocycles. The van der Waals surface area contributed by atoms with Gasteiger partial charge in [0.15, 0.2) is 18.1 Å². The SMILES string of the molecule is CC(=O)OC1CC(=O)N1c1cccc(CN2C(=O)[C@@]3(O[C@@H](CCn4cc(CCO)nn4)[C@H]([Si](C)(C)F)[C@H]3C)c3cc(N4C(=O)CC4OC(C)=O)ccc32)c1. The minimum Gasteiger partial charge on any atom is -0.441 e. The molecule has 4 aliphatic rings. The Labute approximate surface area is 312 Å². The van der Waals surface area contributed by atoms with E-state index in [-0.39, 0.29) is 37.8 Å². The van der Waals surface area contributed by atoms with Gasteiger partial charge in [-0.3, -0.25) is 38.5 Å². The molecule has 0 aliphatic carbocycles. The summed E-state index contributed by atoms with van der Waals surface area (Å²) >= 11 is 0. The number of amides is 3. The largest absolute Gasteiger partial charge is 0.441 e. The smallest absolute Gasteiger partial charge is 0.304 e. The van der Waals surface area contributed by atoms with E-state index in [1.807, 2.05) is 13.0 Å². The van der Waals surface area contributed by atoms with Gasteiger partial charge < -0.3 is 28.3 Å². The third-order valence-corrected chi connectivity index (χ3v) is 13.2. The van der Waals surface area contributed by atoms with Gasteiger partial charge in [0, 0.05) is 68.0 Å². The molecule has 3 aromatic rings. The van der Waals surface area contributed by atoms with Crippen LogP contribution in [0.3, 0.4) is 0 Å². The van der Waals surface area contributed by atoms with Crippen LogP contribution in [0.4, 0.5) is 21.2 Å². The van der Waals surface area contributed by atoms with Crippen LogP contribution < -0.4 is 14.7 Å². The van der Waals surface area contributed by atoms with Crippen molar-refractivity contribution < 1.29 is 47.4 Å². The van der Waals surface area contributed by atoms with Crippen molar-refractivity contribution in [2.24, 2.45) is 5.92 Å². The number of aryl methyl sites for hydroxylation is 1.